The van der Waals surface area contributed by atoms with Gasteiger partial charge in [-0.3, -0.25) is 0 Å². The van der Waals surface area contributed by atoms with E-state index in [4.69, 9.17) is 0 Å². The van der Waals surface area contributed by atoms with Crippen LogP contribution in [-0.4, -0.2) is 0 Å². The van der Waals surface area contributed by atoms with E-state index in [9.17, 15) is 0 Å². The van der Waals surface area contributed by atoms with Gasteiger partial charge in [-0.25, -0.2) is 0 Å². The molecule has 0 unspecified atom stereocenters. The standard InChI is InChI=1S/C89H60/c1-3-5-14-31-56(4-2)76-78(62-42-25-11-26-43-62)79(63-44-27-12-28-45-63)80(64-46-29-13-30-47-64)87-68-50-48-65(57-32-15-6-16-33-57)81-67-51-49-66-73-54-71(58-34-17-7-18-35-58)75(60-38-21-9-22-39-60)77(61-40-23-10-24-41-61)85(73)74-55-72(59-36-19-8-20-37-59)84(89(67)82(66)74)70-53-52-69(86(76)87)83(68)88(70)81/h3,5-49,51-55H,1,4,50H2,2H3/b14-5-,56-31+. The van der Waals surface area contributed by atoms with E-state index in [1.807, 2.05) is 6.08 Å². The predicted molar refractivity (Wildman–Crippen MR) is 380 cm³/mol. The molecular formula is C89H60. The fourth-order valence-electron chi connectivity index (χ4n) is 15.6. The summed E-state index contributed by atoms with van der Waals surface area (Å²) in [5.74, 6) is 0. The van der Waals surface area contributed by atoms with E-state index in [1.54, 1.807) is 0 Å². The van der Waals surface area contributed by atoms with E-state index in [0.717, 1.165) is 12.8 Å². The van der Waals surface area contributed by atoms with Crippen LogP contribution in [0.3, 0.4) is 0 Å². The second-order valence-electron chi connectivity index (χ2n) is 23.8. The zero-order valence-electron chi connectivity index (χ0n) is 49.6. The third-order valence-corrected chi connectivity index (χ3v) is 19.1. The van der Waals surface area contributed by atoms with Crippen LogP contribution in [0.4, 0.5) is 0 Å². The molecule has 89 heavy (non-hydrogen) atoms. The van der Waals surface area contributed by atoms with Gasteiger partial charge in [0.1, 0.15) is 0 Å². The summed E-state index contributed by atoms with van der Waals surface area (Å²) in [5, 5.41) is 9.11. The van der Waals surface area contributed by atoms with Gasteiger partial charge >= 0.3 is 0 Å². The lowest BCUT2D eigenvalue weighted by atomic mass is 9.75. The van der Waals surface area contributed by atoms with E-state index in [-0.39, 0.29) is 0 Å². The summed E-state index contributed by atoms with van der Waals surface area (Å²) in [6.45, 7) is 6.43. The summed E-state index contributed by atoms with van der Waals surface area (Å²) in [7, 11) is 0. The normalized spacial score (nSPS) is 12.9. The van der Waals surface area contributed by atoms with Gasteiger partial charge in [-0.2, -0.15) is 0 Å². The molecule has 3 aliphatic carbocycles. The van der Waals surface area contributed by atoms with Crippen LogP contribution < -0.4 is 5.22 Å². The molecule has 0 aromatic heterocycles. The van der Waals surface area contributed by atoms with Gasteiger partial charge < -0.3 is 0 Å². The van der Waals surface area contributed by atoms with Gasteiger partial charge in [-0.15, -0.1) is 0 Å². The van der Waals surface area contributed by atoms with E-state index in [2.05, 4.69) is 317 Å². The lowest BCUT2D eigenvalue weighted by Gasteiger charge is -2.28. The van der Waals surface area contributed by atoms with Crippen molar-refractivity contribution in [1.29, 1.82) is 0 Å². The highest BCUT2D eigenvalue weighted by Gasteiger charge is 2.38. The second-order valence-corrected chi connectivity index (χ2v) is 23.8. The van der Waals surface area contributed by atoms with E-state index < -0.39 is 0 Å². The van der Waals surface area contributed by atoms with Gasteiger partial charge in [0.05, 0.1) is 0 Å². The highest BCUT2D eigenvalue weighted by molar-refractivity contribution is 6.37. The molecule has 17 rings (SSSR count). The van der Waals surface area contributed by atoms with Crippen molar-refractivity contribution in [2.75, 3.05) is 0 Å². The fourth-order valence-corrected chi connectivity index (χ4v) is 15.6. The Bertz CT molecular complexity index is 5340. The summed E-state index contributed by atoms with van der Waals surface area (Å²) in [4.78, 5) is 0. The number of rotatable bonds is 12. The average Bonchev–Trinajstić information content (AvgIpc) is 1.77. The summed E-state index contributed by atoms with van der Waals surface area (Å²) in [6, 6.07) is 105. The Labute approximate surface area is 520 Å². The fraction of sp³-hybridized carbons (Fsp3) is 0.0337. The van der Waals surface area contributed by atoms with Crippen LogP contribution in [0.25, 0.3) is 160 Å². The third-order valence-electron chi connectivity index (χ3n) is 19.1. The third kappa shape index (κ3) is 8.07. The Kier molecular flexibility index (Phi) is 12.5. The predicted octanol–water partition coefficient (Wildman–Crippen LogP) is 23.7. The molecule has 0 aliphatic heterocycles. The molecule has 0 N–H and O–H groups in total. The highest BCUT2D eigenvalue weighted by atomic mass is 14.4. The SMILES string of the molecule is C=C/C=C\C=C(/CC)c1c2c(c(-c3ccccc3)c(-c3ccccc3)c1-c1ccccc1)C1=c3c-2ccc2c3c(c3ccc4c5c(cc(-c6ccccc6)c2c35)-c2c-4cc(-c3ccccc3)c(-c3ccccc3)c2-c2ccccc2)C(c2ccccc2)=CC1. The molecule has 0 bridgehead atoms. The van der Waals surface area contributed by atoms with Crippen molar-refractivity contribution in [2.45, 2.75) is 19.8 Å². The molecule has 0 atom stereocenters. The van der Waals surface area contributed by atoms with Gasteiger partial charge in [-0.05, 0) is 213 Å². The van der Waals surface area contributed by atoms with Crippen LogP contribution in [-0.2, 0) is 0 Å². The van der Waals surface area contributed by atoms with Crippen molar-refractivity contribution in [1.82, 2.24) is 0 Å². The van der Waals surface area contributed by atoms with E-state index in [0.29, 0.717) is 0 Å². The molecule has 0 spiro atoms. The molecule has 0 amide bonds. The number of allylic oxidation sites excluding steroid dienone is 6. The number of hydrogen-bond donors (Lipinski definition) is 0. The smallest absolute Gasteiger partial charge is 0.000740 e. The Balaban J connectivity index is 1.09. The molecular weight excluding hydrogens is 1070 g/mol. The van der Waals surface area contributed by atoms with Gasteiger partial charge in [0.2, 0.25) is 0 Å². The molecule has 416 valence electrons. The minimum absolute atomic E-state index is 0.731. The molecule has 0 heteroatoms. The van der Waals surface area contributed by atoms with Crippen LogP contribution >= 0.6 is 0 Å². The molecule has 0 saturated heterocycles. The van der Waals surface area contributed by atoms with Crippen molar-refractivity contribution in [3.05, 3.63) is 343 Å². The minimum atomic E-state index is 0.731. The second kappa shape index (κ2) is 21.4. The molecule has 0 radical (unpaired) electrons. The van der Waals surface area contributed by atoms with Crippen LogP contribution in [0.1, 0.15) is 42.0 Å². The van der Waals surface area contributed by atoms with Gasteiger partial charge in [0, 0.05) is 0 Å². The molecule has 0 nitrogen and oxygen atoms in total. The van der Waals surface area contributed by atoms with Gasteiger partial charge in [-0.1, -0.05) is 311 Å². The topological polar surface area (TPSA) is 0 Å². The minimum Gasteiger partial charge on any atom is -0.0991 e. The molecule has 0 heterocycles. The quantitative estimate of drug-likeness (QED) is 0.0650. The van der Waals surface area contributed by atoms with Crippen molar-refractivity contribution in [3.63, 3.8) is 0 Å². The largest absolute Gasteiger partial charge is 0.0991 e. The molecule has 3 aliphatic rings. The summed E-state index contributed by atoms with van der Waals surface area (Å²) < 4.78 is 0. The van der Waals surface area contributed by atoms with E-state index in [1.165, 1.54) is 188 Å². The summed E-state index contributed by atoms with van der Waals surface area (Å²) >= 11 is 0. The first-order valence-corrected chi connectivity index (χ1v) is 31.3. The van der Waals surface area contributed by atoms with Crippen molar-refractivity contribution < 1.29 is 0 Å². The first-order chi connectivity index (χ1) is 44.2. The van der Waals surface area contributed by atoms with Gasteiger partial charge in [0.25, 0.3) is 0 Å². The zero-order chi connectivity index (χ0) is 59.1. The number of fused-ring (bicyclic) bond motifs is 8. The van der Waals surface area contributed by atoms with Crippen LogP contribution in [0.5, 0.6) is 0 Å². The first kappa shape index (κ1) is 52.2. The molecule has 14 aromatic rings. The van der Waals surface area contributed by atoms with Crippen molar-refractivity contribution >= 4 is 49.0 Å². The first-order valence-electron chi connectivity index (χ1n) is 31.3. The van der Waals surface area contributed by atoms with Crippen LogP contribution in [0.15, 0.2) is 316 Å². The maximum atomic E-state index is 4.11. The summed E-state index contributed by atoms with van der Waals surface area (Å²) in [5.41, 5.74) is 33.8. The van der Waals surface area contributed by atoms with Crippen LogP contribution in [0, 0.1) is 0 Å². The lowest BCUT2D eigenvalue weighted by Crippen LogP contribution is -2.09. The Morgan fingerprint density at radius 3 is 1.31 bits per heavy atom. The van der Waals surface area contributed by atoms with Crippen molar-refractivity contribution in [3.8, 4) is 111 Å². The molecule has 0 fully saturated rings. The Morgan fingerprint density at radius 1 is 0.326 bits per heavy atom. The Morgan fingerprint density at radius 2 is 0.775 bits per heavy atom. The highest BCUT2D eigenvalue weighted by Crippen LogP contribution is 2.62. The maximum absolute atomic E-state index is 4.11. The van der Waals surface area contributed by atoms with Crippen molar-refractivity contribution in [2.24, 2.45) is 0 Å². The number of benzene rings is 14. The average molecular weight is 1130 g/mol. The number of hydrogen-bond acceptors (Lipinski definition) is 0. The van der Waals surface area contributed by atoms with E-state index >= 15 is 0 Å². The zero-order valence-corrected chi connectivity index (χ0v) is 49.6. The summed E-state index contributed by atoms with van der Waals surface area (Å²) in [6.07, 6.45) is 12.6. The van der Waals surface area contributed by atoms with Crippen LogP contribution in [0.2, 0.25) is 0 Å². The monoisotopic (exact) mass is 1130 g/mol. The molecule has 0 saturated carbocycles. The lowest BCUT2D eigenvalue weighted by molar-refractivity contribution is 1.24. The Hall–Kier alpha value is -11.2. The maximum Gasteiger partial charge on any atom is -0.000740 e. The van der Waals surface area contributed by atoms with Gasteiger partial charge in [0.15, 0.2) is 0 Å². The molecule has 14 aromatic carbocycles.